The number of hydrogen-bond acceptors (Lipinski definition) is 5. The SMILES string of the molecule is COc1cccc(Oc2ccnc(N3CSC=C3C)c2)c1. The molecule has 0 amide bonds. The number of aromatic nitrogens is 1. The molecule has 1 aliphatic heterocycles. The Kier molecular flexibility index (Phi) is 4.01. The molecule has 0 aliphatic carbocycles. The largest absolute Gasteiger partial charge is 0.497 e. The van der Waals surface area contributed by atoms with Crippen molar-refractivity contribution >= 4 is 17.6 Å². The normalized spacial score (nSPS) is 14.0. The van der Waals surface area contributed by atoms with E-state index >= 15 is 0 Å². The van der Waals surface area contributed by atoms with Gasteiger partial charge in [-0.3, -0.25) is 0 Å². The average Bonchev–Trinajstić information content (AvgIpc) is 2.94. The number of anilines is 1. The van der Waals surface area contributed by atoms with Crippen LogP contribution in [-0.2, 0) is 0 Å². The smallest absolute Gasteiger partial charge is 0.137 e. The number of benzene rings is 1. The molecule has 1 aromatic heterocycles. The summed E-state index contributed by atoms with van der Waals surface area (Å²) in [6.07, 6.45) is 1.76. The summed E-state index contributed by atoms with van der Waals surface area (Å²) in [5.74, 6) is 4.07. The highest BCUT2D eigenvalue weighted by Crippen LogP contribution is 2.31. The van der Waals surface area contributed by atoms with E-state index in [1.54, 1.807) is 25.1 Å². The van der Waals surface area contributed by atoms with Crippen molar-refractivity contribution in [3.8, 4) is 17.2 Å². The van der Waals surface area contributed by atoms with Crippen LogP contribution in [0, 0.1) is 0 Å². The standard InChI is InChI=1S/C16H16N2O2S/c1-12-10-21-11-18(12)16-9-15(6-7-17-16)20-14-5-3-4-13(8-14)19-2/h3-10H,11H2,1-2H3. The number of nitrogens with zero attached hydrogens (tertiary/aromatic N) is 2. The highest BCUT2D eigenvalue weighted by Gasteiger charge is 2.15. The number of allylic oxidation sites excluding steroid dienone is 1. The minimum atomic E-state index is 0.745. The van der Waals surface area contributed by atoms with Gasteiger partial charge in [-0.1, -0.05) is 6.07 Å². The first kappa shape index (κ1) is 13.8. The minimum Gasteiger partial charge on any atom is -0.497 e. The zero-order chi connectivity index (χ0) is 14.7. The Bertz CT molecular complexity index is 673. The van der Waals surface area contributed by atoms with E-state index < -0.39 is 0 Å². The van der Waals surface area contributed by atoms with Crippen molar-refractivity contribution in [2.24, 2.45) is 0 Å². The van der Waals surface area contributed by atoms with Crippen LogP contribution in [0.4, 0.5) is 5.82 Å². The van der Waals surface area contributed by atoms with E-state index in [9.17, 15) is 0 Å². The van der Waals surface area contributed by atoms with E-state index in [2.05, 4.69) is 22.2 Å². The second-order valence-electron chi connectivity index (χ2n) is 4.61. The first-order chi connectivity index (χ1) is 10.3. The molecule has 0 N–H and O–H groups in total. The van der Waals surface area contributed by atoms with Gasteiger partial charge in [0.2, 0.25) is 0 Å². The molecular weight excluding hydrogens is 284 g/mol. The summed E-state index contributed by atoms with van der Waals surface area (Å²) in [5, 5.41) is 2.14. The highest BCUT2D eigenvalue weighted by molar-refractivity contribution is 8.02. The predicted octanol–water partition coefficient (Wildman–Crippen LogP) is 4.25. The molecule has 3 rings (SSSR count). The van der Waals surface area contributed by atoms with E-state index in [-0.39, 0.29) is 0 Å². The summed E-state index contributed by atoms with van der Waals surface area (Å²) in [5.41, 5.74) is 1.20. The van der Waals surface area contributed by atoms with Gasteiger partial charge in [-0.15, -0.1) is 11.8 Å². The molecule has 1 aliphatic rings. The van der Waals surface area contributed by atoms with Crippen LogP contribution in [0.25, 0.3) is 0 Å². The van der Waals surface area contributed by atoms with E-state index in [1.165, 1.54) is 5.70 Å². The third-order valence-corrected chi connectivity index (χ3v) is 4.07. The molecule has 0 unspecified atom stereocenters. The summed E-state index contributed by atoms with van der Waals surface area (Å²) in [6, 6.07) is 11.4. The zero-order valence-electron chi connectivity index (χ0n) is 11.9. The van der Waals surface area contributed by atoms with Gasteiger partial charge in [0.25, 0.3) is 0 Å². The second kappa shape index (κ2) is 6.10. The Morgan fingerprint density at radius 3 is 2.71 bits per heavy atom. The fraction of sp³-hybridized carbons (Fsp3) is 0.188. The second-order valence-corrected chi connectivity index (χ2v) is 5.44. The topological polar surface area (TPSA) is 34.6 Å². The lowest BCUT2D eigenvalue weighted by molar-refractivity contribution is 0.409. The molecule has 0 radical (unpaired) electrons. The van der Waals surface area contributed by atoms with Crippen LogP contribution in [0.1, 0.15) is 6.92 Å². The van der Waals surface area contributed by atoms with Crippen molar-refractivity contribution in [1.82, 2.24) is 4.98 Å². The number of methoxy groups -OCH3 is 1. The Labute approximate surface area is 128 Å². The van der Waals surface area contributed by atoms with E-state index in [1.807, 2.05) is 36.4 Å². The van der Waals surface area contributed by atoms with Gasteiger partial charge < -0.3 is 14.4 Å². The summed E-state index contributed by atoms with van der Waals surface area (Å²) >= 11 is 1.77. The highest BCUT2D eigenvalue weighted by atomic mass is 32.2. The molecule has 0 fully saturated rings. The lowest BCUT2D eigenvalue weighted by Crippen LogP contribution is -2.16. The fourth-order valence-electron chi connectivity index (χ4n) is 2.06. The molecule has 1 aromatic carbocycles. The van der Waals surface area contributed by atoms with Crippen LogP contribution in [0.3, 0.4) is 0 Å². The van der Waals surface area contributed by atoms with Crippen LogP contribution < -0.4 is 14.4 Å². The molecule has 0 atom stereocenters. The molecule has 2 aromatic rings. The zero-order valence-corrected chi connectivity index (χ0v) is 12.8. The summed E-state index contributed by atoms with van der Waals surface area (Å²) < 4.78 is 11.1. The van der Waals surface area contributed by atoms with E-state index in [0.29, 0.717) is 0 Å². The van der Waals surface area contributed by atoms with Gasteiger partial charge in [0.1, 0.15) is 23.1 Å². The number of hydrogen-bond donors (Lipinski definition) is 0. The van der Waals surface area contributed by atoms with Gasteiger partial charge in [0.15, 0.2) is 0 Å². The quantitative estimate of drug-likeness (QED) is 0.843. The lowest BCUT2D eigenvalue weighted by atomic mass is 10.3. The number of ether oxygens (including phenoxy) is 2. The van der Waals surface area contributed by atoms with Crippen LogP contribution in [0.2, 0.25) is 0 Å². The predicted molar refractivity (Wildman–Crippen MR) is 86.0 cm³/mol. The number of pyridine rings is 1. The van der Waals surface area contributed by atoms with Crippen molar-refractivity contribution in [3.05, 3.63) is 53.7 Å². The molecule has 0 saturated carbocycles. The Hall–Kier alpha value is -2.14. The van der Waals surface area contributed by atoms with Crippen molar-refractivity contribution in [2.45, 2.75) is 6.92 Å². The molecule has 21 heavy (non-hydrogen) atoms. The molecule has 108 valence electrons. The third kappa shape index (κ3) is 3.13. The molecule has 5 heteroatoms. The Balaban J connectivity index is 1.81. The van der Waals surface area contributed by atoms with Gasteiger partial charge in [-0.2, -0.15) is 0 Å². The van der Waals surface area contributed by atoms with Gasteiger partial charge in [-0.05, 0) is 30.5 Å². The minimum absolute atomic E-state index is 0.745. The summed E-state index contributed by atoms with van der Waals surface area (Å²) in [7, 11) is 1.64. The molecule has 0 saturated heterocycles. The molecule has 0 bridgehead atoms. The first-order valence-electron chi connectivity index (χ1n) is 6.60. The number of rotatable bonds is 4. The maximum absolute atomic E-state index is 5.88. The summed E-state index contributed by atoms with van der Waals surface area (Å²) in [4.78, 5) is 6.57. The van der Waals surface area contributed by atoms with Gasteiger partial charge in [0.05, 0.1) is 13.0 Å². The van der Waals surface area contributed by atoms with Crippen molar-refractivity contribution in [3.63, 3.8) is 0 Å². The monoisotopic (exact) mass is 300 g/mol. The van der Waals surface area contributed by atoms with Crippen LogP contribution in [-0.4, -0.2) is 18.0 Å². The lowest BCUT2D eigenvalue weighted by Gasteiger charge is -2.18. The van der Waals surface area contributed by atoms with Crippen molar-refractivity contribution in [1.29, 1.82) is 0 Å². The number of thioether (sulfide) groups is 1. The maximum atomic E-state index is 5.88. The first-order valence-corrected chi connectivity index (χ1v) is 7.65. The average molecular weight is 300 g/mol. The fourth-order valence-corrected chi connectivity index (χ4v) is 2.98. The van der Waals surface area contributed by atoms with Crippen LogP contribution >= 0.6 is 11.8 Å². The maximum Gasteiger partial charge on any atom is 0.137 e. The van der Waals surface area contributed by atoms with Crippen LogP contribution in [0.15, 0.2) is 53.7 Å². The Morgan fingerprint density at radius 2 is 1.95 bits per heavy atom. The van der Waals surface area contributed by atoms with Crippen LogP contribution in [0.5, 0.6) is 17.2 Å². The molecule has 2 heterocycles. The third-order valence-electron chi connectivity index (χ3n) is 3.15. The molecular formula is C16H16N2O2S. The van der Waals surface area contributed by atoms with Gasteiger partial charge >= 0.3 is 0 Å². The molecule has 4 nitrogen and oxygen atoms in total. The van der Waals surface area contributed by atoms with Gasteiger partial charge in [0, 0.05) is 24.0 Å². The van der Waals surface area contributed by atoms with Crippen molar-refractivity contribution < 1.29 is 9.47 Å². The van der Waals surface area contributed by atoms with Crippen molar-refractivity contribution in [2.75, 3.05) is 17.9 Å². The van der Waals surface area contributed by atoms with E-state index in [4.69, 9.17) is 9.47 Å². The molecule has 0 spiro atoms. The van der Waals surface area contributed by atoms with E-state index in [0.717, 1.165) is 28.9 Å². The van der Waals surface area contributed by atoms with Gasteiger partial charge in [-0.25, -0.2) is 4.98 Å². The summed E-state index contributed by atoms with van der Waals surface area (Å²) in [6.45, 7) is 2.08. The Morgan fingerprint density at radius 1 is 1.14 bits per heavy atom.